The Morgan fingerprint density at radius 2 is 2.14 bits per heavy atom. The molecule has 118 valence electrons. The molecule has 0 bridgehead atoms. The molecule has 0 aliphatic heterocycles. The molecule has 1 aromatic heterocycles. The highest BCUT2D eigenvalue weighted by Crippen LogP contribution is 2.23. The number of halogens is 1. The van der Waals surface area contributed by atoms with Gasteiger partial charge in [-0.05, 0) is 24.1 Å². The zero-order chi connectivity index (χ0) is 16.3. The van der Waals surface area contributed by atoms with Gasteiger partial charge in [0.05, 0.1) is 0 Å². The van der Waals surface area contributed by atoms with E-state index in [0.717, 1.165) is 16.9 Å². The normalized spacial score (nSPS) is 11.4. The number of aromatic carboxylic acids is 1. The van der Waals surface area contributed by atoms with Gasteiger partial charge in [0.2, 0.25) is 5.13 Å². The molecule has 22 heavy (non-hydrogen) atoms. The van der Waals surface area contributed by atoms with Crippen LogP contribution in [0.3, 0.4) is 0 Å². The average Bonchev–Trinajstić information content (AvgIpc) is 2.87. The number of carbonyl (C=O) groups is 1. The number of benzene rings is 1. The highest BCUT2D eigenvalue weighted by molar-refractivity contribution is 7.87. The number of rotatable bonds is 6. The molecule has 0 spiro atoms. The first kappa shape index (κ1) is 16.7. The molecule has 0 aliphatic rings. The van der Waals surface area contributed by atoms with Gasteiger partial charge >= 0.3 is 16.3 Å². The minimum absolute atomic E-state index is 0.0915. The maximum atomic E-state index is 11.5. The summed E-state index contributed by atoms with van der Waals surface area (Å²) in [7, 11) is -4.56. The maximum absolute atomic E-state index is 11.5. The fraction of sp³-hybridized carbons (Fsp3) is 0.167. The quantitative estimate of drug-likeness (QED) is 0.763. The standard InChI is InChI=1S/C12H11ClN2O5S2/c13-9-3-1-2-8(6-9)4-5-15(22(18,19)20)12-14-10(7-21-12)11(16)17/h1-3,6-7H,4-5H2,(H,16,17)(H,18,19,20). The van der Waals surface area contributed by atoms with Crippen LogP contribution in [0.5, 0.6) is 0 Å². The first-order valence-electron chi connectivity index (χ1n) is 5.96. The van der Waals surface area contributed by atoms with Gasteiger partial charge in [0.1, 0.15) is 0 Å². The molecule has 1 aromatic carbocycles. The van der Waals surface area contributed by atoms with Crippen molar-refractivity contribution < 1.29 is 22.9 Å². The number of carboxylic acids is 1. The molecule has 0 saturated heterocycles. The molecule has 0 saturated carbocycles. The van der Waals surface area contributed by atoms with E-state index in [0.29, 0.717) is 9.33 Å². The Hall–Kier alpha value is -1.68. The second-order valence-corrected chi connectivity index (χ2v) is 6.86. The Kier molecular flexibility index (Phi) is 5.01. The smallest absolute Gasteiger partial charge is 0.361 e. The third-order valence-electron chi connectivity index (χ3n) is 2.70. The van der Waals surface area contributed by atoms with Gasteiger partial charge in [0.15, 0.2) is 5.69 Å². The lowest BCUT2D eigenvalue weighted by Crippen LogP contribution is -2.32. The summed E-state index contributed by atoms with van der Waals surface area (Å²) in [6, 6.07) is 6.85. The minimum atomic E-state index is -4.56. The first-order chi connectivity index (χ1) is 10.3. The van der Waals surface area contributed by atoms with Crippen LogP contribution in [0.2, 0.25) is 5.02 Å². The lowest BCUT2D eigenvalue weighted by Gasteiger charge is -2.17. The van der Waals surface area contributed by atoms with Gasteiger partial charge in [-0.2, -0.15) is 8.42 Å². The van der Waals surface area contributed by atoms with E-state index in [-0.39, 0.29) is 23.8 Å². The molecular formula is C12H11ClN2O5S2. The van der Waals surface area contributed by atoms with Crippen molar-refractivity contribution in [2.45, 2.75) is 6.42 Å². The van der Waals surface area contributed by atoms with Crippen LogP contribution < -0.4 is 4.31 Å². The molecule has 2 N–H and O–H groups in total. The summed E-state index contributed by atoms with van der Waals surface area (Å²) in [5.41, 5.74) is 0.493. The summed E-state index contributed by atoms with van der Waals surface area (Å²) in [6.45, 7) is -0.0915. The second kappa shape index (κ2) is 6.61. The van der Waals surface area contributed by atoms with Crippen LogP contribution in [-0.4, -0.2) is 35.6 Å². The monoisotopic (exact) mass is 362 g/mol. The topological polar surface area (TPSA) is 108 Å². The molecule has 10 heteroatoms. The zero-order valence-electron chi connectivity index (χ0n) is 11.0. The van der Waals surface area contributed by atoms with E-state index in [9.17, 15) is 17.8 Å². The molecule has 0 radical (unpaired) electrons. The van der Waals surface area contributed by atoms with Gasteiger partial charge in [-0.15, -0.1) is 11.3 Å². The van der Waals surface area contributed by atoms with Gasteiger partial charge in [-0.1, -0.05) is 23.7 Å². The number of hydrogen-bond donors (Lipinski definition) is 2. The lowest BCUT2D eigenvalue weighted by molar-refractivity contribution is 0.0691. The van der Waals surface area contributed by atoms with Crippen molar-refractivity contribution in [2.24, 2.45) is 0 Å². The number of anilines is 1. The molecule has 2 aromatic rings. The van der Waals surface area contributed by atoms with Gasteiger partial charge in [-0.3, -0.25) is 4.55 Å². The molecule has 0 atom stereocenters. The Morgan fingerprint density at radius 3 is 2.68 bits per heavy atom. The summed E-state index contributed by atoms with van der Waals surface area (Å²) in [5.74, 6) is -1.27. The number of hydrogen-bond acceptors (Lipinski definition) is 5. The van der Waals surface area contributed by atoms with Crippen LogP contribution in [-0.2, 0) is 16.7 Å². The highest BCUT2D eigenvalue weighted by atomic mass is 35.5. The zero-order valence-corrected chi connectivity index (χ0v) is 13.4. The second-order valence-electron chi connectivity index (χ2n) is 4.25. The largest absolute Gasteiger partial charge is 0.476 e. The highest BCUT2D eigenvalue weighted by Gasteiger charge is 2.23. The Balaban J connectivity index is 2.22. The first-order valence-corrected chi connectivity index (χ1v) is 8.61. The predicted molar refractivity (Wildman–Crippen MR) is 83.1 cm³/mol. The fourth-order valence-electron chi connectivity index (χ4n) is 1.71. The number of thiazole rings is 1. The van der Waals surface area contributed by atoms with Gasteiger partial charge in [0, 0.05) is 16.9 Å². The Bertz CT molecular complexity index is 790. The van der Waals surface area contributed by atoms with Gasteiger partial charge < -0.3 is 5.11 Å². The average molecular weight is 363 g/mol. The van der Waals surface area contributed by atoms with Crippen LogP contribution in [0.4, 0.5) is 5.13 Å². The molecular weight excluding hydrogens is 352 g/mol. The van der Waals surface area contributed by atoms with E-state index in [1.54, 1.807) is 24.3 Å². The van der Waals surface area contributed by atoms with E-state index in [1.807, 2.05) is 0 Å². The van der Waals surface area contributed by atoms with Crippen LogP contribution in [0.1, 0.15) is 16.1 Å². The van der Waals surface area contributed by atoms with Crippen molar-refractivity contribution in [3.8, 4) is 0 Å². The molecule has 1 heterocycles. The summed E-state index contributed by atoms with van der Waals surface area (Å²) in [4.78, 5) is 14.5. The Morgan fingerprint density at radius 1 is 1.41 bits per heavy atom. The predicted octanol–water partition coefficient (Wildman–Crippen LogP) is 2.35. The fourth-order valence-corrected chi connectivity index (χ4v) is 3.63. The van der Waals surface area contributed by atoms with E-state index in [2.05, 4.69) is 4.98 Å². The van der Waals surface area contributed by atoms with E-state index < -0.39 is 16.3 Å². The van der Waals surface area contributed by atoms with Crippen LogP contribution >= 0.6 is 22.9 Å². The van der Waals surface area contributed by atoms with E-state index in [1.165, 1.54) is 5.38 Å². The van der Waals surface area contributed by atoms with Crippen molar-refractivity contribution in [1.82, 2.24) is 4.98 Å². The third-order valence-corrected chi connectivity index (χ3v) is 4.82. The molecule has 0 unspecified atom stereocenters. The summed E-state index contributed by atoms with van der Waals surface area (Å²) >= 11 is 6.67. The summed E-state index contributed by atoms with van der Waals surface area (Å²) < 4.78 is 32.9. The van der Waals surface area contributed by atoms with Crippen LogP contribution in [0.15, 0.2) is 29.6 Å². The molecule has 7 nitrogen and oxygen atoms in total. The maximum Gasteiger partial charge on any atom is 0.361 e. The molecule has 0 fully saturated rings. The minimum Gasteiger partial charge on any atom is -0.476 e. The molecule has 0 aliphatic carbocycles. The van der Waals surface area contributed by atoms with Gasteiger partial charge in [-0.25, -0.2) is 14.1 Å². The van der Waals surface area contributed by atoms with Crippen LogP contribution in [0.25, 0.3) is 0 Å². The summed E-state index contributed by atoms with van der Waals surface area (Å²) in [5, 5.41) is 10.4. The number of aromatic nitrogens is 1. The number of carboxylic acid groups (broad SMARTS) is 1. The van der Waals surface area contributed by atoms with Crippen molar-refractivity contribution in [1.29, 1.82) is 0 Å². The number of nitrogens with zero attached hydrogens (tertiary/aromatic N) is 2. The molecule has 2 rings (SSSR count). The van der Waals surface area contributed by atoms with E-state index >= 15 is 0 Å². The van der Waals surface area contributed by atoms with E-state index in [4.69, 9.17) is 16.7 Å². The lowest BCUT2D eigenvalue weighted by atomic mass is 10.1. The van der Waals surface area contributed by atoms with Crippen molar-refractivity contribution >= 4 is 44.3 Å². The van der Waals surface area contributed by atoms with Crippen molar-refractivity contribution in [2.75, 3.05) is 10.8 Å². The molecule has 0 amide bonds. The third kappa shape index (κ3) is 4.17. The van der Waals surface area contributed by atoms with Crippen molar-refractivity contribution in [3.05, 3.63) is 45.9 Å². The van der Waals surface area contributed by atoms with Crippen molar-refractivity contribution in [3.63, 3.8) is 0 Å². The van der Waals surface area contributed by atoms with Crippen LogP contribution in [0, 0.1) is 0 Å². The summed E-state index contributed by atoms with van der Waals surface area (Å²) in [6.07, 6.45) is 0.280. The SMILES string of the molecule is O=C(O)c1csc(N(CCc2cccc(Cl)c2)S(=O)(=O)O)n1. The Labute approximate surface area is 135 Å². The van der Waals surface area contributed by atoms with Gasteiger partial charge in [0.25, 0.3) is 0 Å².